The zero-order valence-corrected chi connectivity index (χ0v) is 32.0. The van der Waals surface area contributed by atoms with Crippen molar-refractivity contribution in [1.29, 1.82) is 0 Å². The predicted molar refractivity (Wildman–Crippen MR) is 187 cm³/mol. The van der Waals surface area contributed by atoms with E-state index in [9.17, 15) is 0 Å². The van der Waals surface area contributed by atoms with E-state index in [2.05, 4.69) is 135 Å². The third kappa shape index (κ3) is 4.37. The molecule has 0 N–H and O–H groups in total. The van der Waals surface area contributed by atoms with E-state index in [0.717, 1.165) is 0 Å². The summed E-state index contributed by atoms with van der Waals surface area (Å²) in [6.07, 6.45) is 8.11. The van der Waals surface area contributed by atoms with Crippen molar-refractivity contribution in [3.8, 4) is 22.3 Å². The van der Waals surface area contributed by atoms with Crippen LogP contribution in [0, 0.1) is 27.7 Å². The van der Waals surface area contributed by atoms with E-state index < -0.39 is 28.0 Å². The van der Waals surface area contributed by atoms with Gasteiger partial charge in [-0.15, -0.1) is 0 Å². The van der Waals surface area contributed by atoms with E-state index in [4.69, 9.17) is 0 Å². The second kappa shape index (κ2) is 10.5. The number of allylic oxidation sites excluding steroid dienone is 2. The Kier molecular flexibility index (Phi) is 7.14. The van der Waals surface area contributed by atoms with Gasteiger partial charge in [0, 0.05) is 0 Å². The third-order valence-corrected chi connectivity index (χ3v) is 33.3. The first-order chi connectivity index (χ1) is 20.6. The van der Waals surface area contributed by atoms with E-state index in [-0.39, 0.29) is 0 Å². The molecule has 4 aromatic rings. The fraction of sp³-hybridized carbons (Fsp3) is 0.317. The molecule has 0 aromatic heterocycles. The molecule has 7 rings (SSSR count). The first kappa shape index (κ1) is 29.2. The normalized spacial score (nSPS) is 22.8. The van der Waals surface area contributed by atoms with E-state index >= 15 is 0 Å². The molecule has 0 radical (unpaired) electrons. The summed E-state index contributed by atoms with van der Waals surface area (Å²) in [6, 6.07) is 29.9. The summed E-state index contributed by atoms with van der Waals surface area (Å²) in [4.78, 5) is 0. The van der Waals surface area contributed by atoms with Gasteiger partial charge in [-0.1, -0.05) is 0 Å². The van der Waals surface area contributed by atoms with Crippen LogP contribution in [0.15, 0.2) is 83.2 Å². The quantitative estimate of drug-likeness (QED) is 0.179. The van der Waals surface area contributed by atoms with Crippen molar-refractivity contribution in [2.24, 2.45) is 0 Å². The molecule has 0 spiro atoms. The fourth-order valence-electron chi connectivity index (χ4n) is 9.04. The van der Waals surface area contributed by atoms with Gasteiger partial charge in [0.15, 0.2) is 0 Å². The van der Waals surface area contributed by atoms with Gasteiger partial charge in [0.2, 0.25) is 0 Å². The molecular formula is C41H46HfSi. The van der Waals surface area contributed by atoms with Crippen LogP contribution >= 0.6 is 0 Å². The van der Waals surface area contributed by atoms with Crippen LogP contribution in [0.25, 0.3) is 34.4 Å². The number of hydrogen-bond donors (Lipinski definition) is 0. The number of aryl methyl sites for hydroxylation is 4. The summed E-state index contributed by atoms with van der Waals surface area (Å²) >= 11 is -3.05. The Balaban J connectivity index is 1.47. The molecule has 1 heterocycles. The van der Waals surface area contributed by atoms with Crippen LogP contribution in [0.4, 0.5) is 0 Å². The van der Waals surface area contributed by atoms with Gasteiger partial charge in [0.1, 0.15) is 0 Å². The second-order valence-electron chi connectivity index (χ2n) is 14.6. The maximum absolute atomic E-state index is 3.05. The molecule has 0 amide bonds. The second-order valence-corrected chi connectivity index (χ2v) is 36.1. The van der Waals surface area contributed by atoms with Gasteiger partial charge in [-0.25, -0.2) is 0 Å². The molecule has 4 aromatic carbocycles. The Morgan fingerprint density at radius 3 is 1.53 bits per heavy atom. The standard InChI is InChI=1S/C39H40Si.2CH3.Hf/c1-7-8-19-40(6,32-22-30-11-9-13-34(38(30)24-32)36-20-26(2)15-17-28(36)4)33-23-31-12-10-14-35(39(31)25-33)37-21-27(3)16-18-29(37)5;;;/h9-18,20-25H,7-8,19H2,1-6H3;2*1H3;. The molecule has 0 bridgehead atoms. The molecular weight excluding hydrogens is 699 g/mol. The van der Waals surface area contributed by atoms with Crippen molar-refractivity contribution >= 4 is 20.2 Å². The topological polar surface area (TPSA) is 0 Å². The third-order valence-electron chi connectivity index (χ3n) is 11.3. The van der Waals surface area contributed by atoms with Gasteiger partial charge >= 0.3 is 267 Å². The summed E-state index contributed by atoms with van der Waals surface area (Å²) in [5.74, 6) is 0. The van der Waals surface area contributed by atoms with Gasteiger partial charge in [-0.3, -0.25) is 0 Å². The zero-order valence-electron chi connectivity index (χ0n) is 27.4. The van der Waals surface area contributed by atoms with Crippen molar-refractivity contribution in [2.75, 3.05) is 0 Å². The number of benzene rings is 4. The predicted octanol–water partition coefficient (Wildman–Crippen LogP) is 12.1. The number of hydrogen-bond acceptors (Lipinski definition) is 0. The summed E-state index contributed by atoms with van der Waals surface area (Å²) in [5.41, 5.74) is 17.6. The minimum absolute atomic E-state index is 0.679. The molecule has 1 fully saturated rings. The van der Waals surface area contributed by atoms with Gasteiger partial charge in [0.05, 0.1) is 0 Å². The Morgan fingerprint density at radius 1 is 0.628 bits per heavy atom. The number of rotatable bonds is 5. The molecule has 2 atom stereocenters. The van der Waals surface area contributed by atoms with Crippen molar-refractivity contribution in [3.63, 3.8) is 0 Å². The molecule has 2 aliphatic carbocycles. The van der Waals surface area contributed by atoms with E-state index in [1.165, 1.54) is 63.4 Å². The Labute approximate surface area is 265 Å². The van der Waals surface area contributed by atoms with E-state index in [1.54, 1.807) is 22.3 Å². The van der Waals surface area contributed by atoms with Crippen molar-refractivity contribution in [3.05, 3.63) is 128 Å². The summed E-state index contributed by atoms with van der Waals surface area (Å²) < 4.78 is 6.96. The molecule has 218 valence electrons. The minimum atomic E-state index is -3.05. The molecule has 1 aliphatic heterocycles. The van der Waals surface area contributed by atoms with Crippen LogP contribution in [0.2, 0.25) is 22.0 Å². The Bertz CT molecular complexity index is 1720. The Hall–Kier alpha value is -2.55. The zero-order chi connectivity index (χ0) is 30.3. The average molecular weight is 745 g/mol. The molecule has 3 aliphatic rings. The van der Waals surface area contributed by atoms with Crippen LogP contribution < -0.4 is 0 Å². The molecule has 1 saturated heterocycles. The van der Waals surface area contributed by atoms with E-state index in [0.29, 0.717) is 7.35 Å². The number of unbranched alkanes of at least 4 members (excludes halogenated alkanes) is 1. The molecule has 43 heavy (non-hydrogen) atoms. The van der Waals surface area contributed by atoms with Gasteiger partial charge < -0.3 is 0 Å². The summed E-state index contributed by atoms with van der Waals surface area (Å²) in [7, 11) is -1.92. The van der Waals surface area contributed by atoms with Crippen molar-refractivity contribution < 1.29 is 20.0 Å². The molecule has 2 unspecified atom stereocenters. The first-order valence-corrected chi connectivity index (χ1v) is 30.5. The average Bonchev–Trinajstić information content (AvgIpc) is 3.59. The van der Waals surface area contributed by atoms with Crippen LogP contribution in [0.5, 0.6) is 0 Å². The maximum atomic E-state index is 2.80. The fourth-order valence-corrected chi connectivity index (χ4v) is 41.6. The van der Waals surface area contributed by atoms with Crippen molar-refractivity contribution in [2.45, 2.75) is 76.8 Å². The molecule has 0 nitrogen and oxygen atoms in total. The Morgan fingerprint density at radius 2 is 1.09 bits per heavy atom. The SMILES string of the molecule is CCCC[Si]1(C)C2=Cc3c(-c4cc(C)ccc4C)cccc3[CH]2[Hf]([CH3])([CH3])[CH]2C1=Cc1c(-c3cc(C)ccc3C)cccc12. The summed E-state index contributed by atoms with van der Waals surface area (Å²) in [6.45, 7) is 14.2. The monoisotopic (exact) mass is 746 g/mol. The van der Waals surface area contributed by atoms with Crippen LogP contribution in [0.1, 0.15) is 71.6 Å². The van der Waals surface area contributed by atoms with Crippen molar-refractivity contribution in [1.82, 2.24) is 0 Å². The van der Waals surface area contributed by atoms with E-state index in [1.807, 2.05) is 10.4 Å². The first-order valence-electron chi connectivity index (χ1n) is 16.4. The van der Waals surface area contributed by atoms with Crippen LogP contribution in [0.3, 0.4) is 0 Å². The number of fused-ring (bicyclic) bond motifs is 6. The summed E-state index contributed by atoms with van der Waals surface area (Å²) in [5, 5.41) is 3.76. The van der Waals surface area contributed by atoms with Gasteiger partial charge in [-0.2, -0.15) is 0 Å². The van der Waals surface area contributed by atoms with Crippen LogP contribution in [-0.2, 0) is 20.0 Å². The molecule has 0 saturated carbocycles. The molecule has 2 heteroatoms. The van der Waals surface area contributed by atoms with Crippen LogP contribution in [-0.4, -0.2) is 8.07 Å². The van der Waals surface area contributed by atoms with Gasteiger partial charge in [-0.05, 0) is 0 Å². The van der Waals surface area contributed by atoms with Gasteiger partial charge in [0.25, 0.3) is 0 Å².